The van der Waals surface area contributed by atoms with Gasteiger partial charge in [0.05, 0.1) is 6.42 Å². The topological polar surface area (TPSA) is 0 Å². The maximum Gasteiger partial charge on any atom is 0.389 e. The van der Waals surface area contributed by atoms with Crippen LogP contribution in [0.25, 0.3) is 0 Å². The van der Waals surface area contributed by atoms with E-state index in [-0.39, 0.29) is 0 Å². The molecule has 0 aromatic heterocycles. The van der Waals surface area contributed by atoms with Crippen molar-refractivity contribution in [2.75, 3.05) is 24.0 Å². The molecule has 0 heterocycles. The van der Waals surface area contributed by atoms with E-state index in [4.69, 9.17) is 0 Å². The van der Waals surface area contributed by atoms with Crippen LogP contribution in [0.2, 0.25) is 0 Å². The molecule has 0 aromatic carbocycles. The van der Waals surface area contributed by atoms with Crippen LogP contribution >= 0.6 is 10.0 Å². The van der Waals surface area contributed by atoms with E-state index in [2.05, 4.69) is 6.92 Å². The van der Waals surface area contributed by atoms with Gasteiger partial charge in [0.25, 0.3) is 0 Å². The first-order chi connectivity index (χ1) is 5.77. The van der Waals surface area contributed by atoms with Crippen LogP contribution in [-0.2, 0) is 0 Å². The highest BCUT2D eigenvalue weighted by molar-refractivity contribution is 8.32. The third-order valence-electron chi connectivity index (χ3n) is 1.99. The predicted octanol–water partition coefficient (Wildman–Crippen LogP) is 3.80. The third-order valence-corrected chi connectivity index (χ3v) is 4.69. The predicted molar refractivity (Wildman–Crippen MR) is 54.8 cm³/mol. The molecule has 0 N–H and O–H groups in total. The van der Waals surface area contributed by atoms with E-state index >= 15 is 0 Å². The van der Waals surface area contributed by atoms with Gasteiger partial charge < -0.3 is 0 Å². The number of alkyl halides is 3. The summed E-state index contributed by atoms with van der Waals surface area (Å²) < 4.78 is 35.8. The minimum absolute atomic E-state index is 0.330. The van der Waals surface area contributed by atoms with Crippen molar-refractivity contribution in [1.82, 2.24) is 0 Å². The zero-order valence-corrected chi connectivity index (χ0v) is 9.39. The molecule has 0 saturated carbocycles. The molecule has 0 radical (unpaired) electrons. The molecule has 4 heteroatoms. The molecule has 0 aromatic rings. The van der Waals surface area contributed by atoms with Gasteiger partial charge in [0, 0.05) is 0 Å². The molecule has 0 nitrogen and oxygen atoms in total. The molecule has 0 saturated heterocycles. The van der Waals surface area contributed by atoms with Crippen LogP contribution < -0.4 is 0 Å². The van der Waals surface area contributed by atoms with Crippen molar-refractivity contribution in [3.8, 4) is 0 Å². The van der Waals surface area contributed by atoms with E-state index in [0.29, 0.717) is 5.75 Å². The highest BCUT2D eigenvalue weighted by atomic mass is 32.3. The van der Waals surface area contributed by atoms with Crippen molar-refractivity contribution in [3.63, 3.8) is 0 Å². The summed E-state index contributed by atoms with van der Waals surface area (Å²) >= 11 is 0. The Balaban J connectivity index is 3.75. The summed E-state index contributed by atoms with van der Waals surface area (Å²) in [6.07, 6.45) is 1.53. The van der Waals surface area contributed by atoms with E-state index in [1.54, 1.807) is 0 Å². The van der Waals surface area contributed by atoms with Crippen LogP contribution in [0, 0.1) is 0 Å². The van der Waals surface area contributed by atoms with Crippen LogP contribution in [0.1, 0.15) is 26.2 Å². The Morgan fingerprint density at radius 2 is 1.62 bits per heavy atom. The molecule has 0 atom stereocenters. The summed E-state index contributed by atoms with van der Waals surface area (Å²) in [4.78, 5) is 0. The standard InChI is InChI=1S/C9H19F3S/c1-4-5-7-13(2,3)8-6-9(10,11)12/h4-8H2,1-3H3. The van der Waals surface area contributed by atoms with Crippen molar-refractivity contribution in [1.29, 1.82) is 0 Å². The monoisotopic (exact) mass is 216 g/mol. The number of rotatable bonds is 5. The molecule has 0 bridgehead atoms. The second kappa shape index (κ2) is 5.13. The first kappa shape index (κ1) is 13.1. The molecule has 0 aliphatic rings. The lowest BCUT2D eigenvalue weighted by Crippen LogP contribution is -2.15. The lowest BCUT2D eigenvalue weighted by atomic mass is 10.4. The lowest BCUT2D eigenvalue weighted by Gasteiger charge is -2.31. The summed E-state index contributed by atoms with van der Waals surface area (Å²) in [5.74, 6) is 1.30. The van der Waals surface area contributed by atoms with Gasteiger partial charge in [0.15, 0.2) is 0 Å². The van der Waals surface area contributed by atoms with E-state index in [1.807, 2.05) is 12.5 Å². The third kappa shape index (κ3) is 8.47. The summed E-state index contributed by atoms with van der Waals surface area (Å²) in [7, 11) is -0.997. The number of halogens is 3. The smallest absolute Gasteiger partial charge is 0.246 e. The van der Waals surface area contributed by atoms with Crippen molar-refractivity contribution >= 4 is 10.0 Å². The van der Waals surface area contributed by atoms with Gasteiger partial charge in [-0.1, -0.05) is 13.3 Å². The lowest BCUT2D eigenvalue weighted by molar-refractivity contribution is -0.129. The number of hydrogen-bond acceptors (Lipinski definition) is 0. The van der Waals surface area contributed by atoms with Crippen LogP contribution in [0.3, 0.4) is 0 Å². The molecule has 0 spiro atoms. The van der Waals surface area contributed by atoms with Crippen molar-refractivity contribution < 1.29 is 13.2 Å². The van der Waals surface area contributed by atoms with Gasteiger partial charge in [-0.25, -0.2) is 10.0 Å². The first-order valence-corrected chi connectivity index (χ1v) is 7.31. The van der Waals surface area contributed by atoms with Crippen LogP contribution in [0.4, 0.5) is 13.2 Å². The Bertz CT molecular complexity index is 140. The van der Waals surface area contributed by atoms with Gasteiger partial charge in [0.2, 0.25) is 0 Å². The minimum atomic E-state index is -3.98. The maximum atomic E-state index is 11.9. The van der Waals surface area contributed by atoms with Crippen molar-refractivity contribution in [3.05, 3.63) is 0 Å². The van der Waals surface area contributed by atoms with Gasteiger partial charge in [0.1, 0.15) is 0 Å². The summed E-state index contributed by atoms with van der Waals surface area (Å²) in [6.45, 7) is 2.07. The molecule has 0 unspecified atom stereocenters. The second-order valence-electron chi connectivity index (χ2n) is 3.89. The van der Waals surface area contributed by atoms with Crippen LogP contribution in [0.15, 0.2) is 0 Å². The molecular weight excluding hydrogens is 197 g/mol. The normalized spacial score (nSPS) is 14.6. The minimum Gasteiger partial charge on any atom is -0.246 e. The van der Waals surface area contributed by atoms with Crippen LogP contribution in [-0.4, -0.2) is 30.2 Å². The summed E-state index contributed by atoms with van der Waals surface area (Å²) in [6, 6.07) is 0. The van der Waals surface area contributed by atoms with Gasteiger partial charge in [-0.15, -0.1) is 0 Å². The Morgan fingerprint density at radius 3 is 2.00 bits per heavy atom. The van der Waals surface area contributed by atoms with E-state index in [1.165, 1.54) is 0 Å². The van der Waals surface area contributed by atoms with Crippen LogP contribution in [0.5, 0.6) is 0 Å². The van der Waals surface area contributed by atoms with E-state index < -0.39 is 22.6 Å². The highest BCUT2D eigenvalue weighted by Gasteiger charge is 2.29. The Labute approximate surface area is 80.2 Å². The average Bonchev–Trinajstić information content (AvgIpc) is 1.97. The largest absolute Gasteiger partial charge is 0.389 e. The average molecular weight is 216 g/mol. The molecule has 82 valence electrons. The highest BCUT2D eigenvalue weighted by Crippen LogP contribution is 2.43. The van der Waals surface area contributed by atoms with Gasteiger partial charge in [-0.2, -0.15) is 13.2 Å². The molecule has 0 aliphatic heterocycles. The Morgan fingerprint density at radius 1 is 1.08 bits per heavy atom. The maximum absolute atomic E-state index is 11.9. The fraction of sp³-hybridized carbons (Fsp3) is 1.00. The summed E-state index contributed by atoms with van der Waals surface area (Å²) in [5.41, 5.74) is 0. The Hall–Kier alpha value is 0.140. The zero-order chi connectivity index (χ0) is 10.5. The first-order valence-electron chi connectivity index (χ1n) is 4.52. The van der Waals surface area contributed by atoms with Crippen molar-refractivity contribution in [2.45, 2.75) is 32.4 Å². The molecule has 0 aliphatic carbocycles. The fourth-order valence-corrected chi connectivity index (χ4v) is 3.09. The number of unbranched alkanes of at least 4 members (excludes halogenated alkanes) is 1. The molecule has 13 heavy (non-hydrogen) atoms. The van der Waals surface area contributed by atoms with E-state index in [9.17, 15) is 13.2 Å². The zero-order valence-electron chi connectivity index (χ0n) is 8.58. The summed E-state index contributed by atoms with van der Waals surface area (Å²) in [5, 5.41) is 0. The second-order valence-corrected chi connectivity index (χ2v) is 8.24. The quantitative estimate of drug-likeness (QED) is 0.655. The molecule has 0 amide bonds. The van der Waals surface area contributed by atoms with Gasteiger partial charge in [-0.3, -0.25) is 0 Å². The van der Waals surface area contributed by atoms with Crippen molar-refractivity contribution in [2.24, 2.45) is 0 Å². The molecule has 0 rings (SSSR count). The Kier molecular flexibility index (Phi) is 5.18. The SMILES string of the molecule is CCCCS(C)(C)CCC(F)(F)F. The molecular formula is C9H19F3S. The van der Waals surface area contributed by atoms with E-state index in [0.717, 1.165) is 18.6 Å². The fourth-order valence-electron chi connectivity index (χ4n) is 1.03. The van der Waals surface area contributed by atoms with Gasteiger partial charge in [-0.05, 0) is 30.4 Å². The molecule has 0 fully saturated rings. The number of hydrogen-bond donors (Lipinski definition) is 0. The van der Waals surface area contributed by atoms with Gasteiger partial charge >= 0.3 is 6.18 Å².